The molecule has 0 heteroatoms. The van der Waals surface area contributed by atoms with Gasteiger partial charge in [-0.2, -0.15) is 0 Å². The Balaban J connectivity index is -0.0000000792. The maximum Gasteiger partial charge on any atom is -0.0323 e. The Kier molecular flexibility index (Phi) is 36.7. The standard InChI is InChI=1S/C8H16.C4H8.C3H8.C2H6/c1-7(2)5-6-8(3)4;1-4(2)3;1-3-2;1-2/h8H,1,5-6H2,2-4H3;1H2,2-3H3;3H2,1-2H3;1-2H3. The van der Waals surface area contributed by atoms with E-state index in [0.29, 0.717) is 0 Å². The summed E-state index contributed by atoms with van der Waals surface area (Å²) in [5.74, 6) is 0.826. The molecule has 0 unspecified atom stereocenters. The molecule has 106 valence electrons. The van der Waals surface area contributed by atoms with Gasteiger partial charge in [0.05, 0.1) is 0 Å². The van der Waals surface area contributed by atoms with Gasteiger partial charge in [-0.3, -0.25) is 0 Å². The number of rotatable bonds is 3. The molecule has 0 radical (unpaired) electrons. The van der Waals surface area contributed by atoms with Gasteiger partial charge in [-0.25, -0.2) is 0 Å². The summed E-state index contributed by atoms with van der Waals surface area (Å²) in [5, 5.41) is 0. The molecule has 0 aliphatic rings. The van der Waals surface area contributed by atoms with E-state index in [9.17, 15) is 0 Å². The lowest BCUT2D eigenvalue weighted by Crippen LogP contribution is -1.85. The smallest absolute Gasteiger partial charge is 0.0323 e. The number of hydrogen-bond donors (Lipinski definition) is 0. The Morgan fingerprint density at radius 1 is 0.941 bits per heavy atom. The van der Waals surface area contributed by atoms with Gasteiger partial charge in [0, 0.05) is 0 Å². The zero-order valence-corrected chi connectivity index (χ0v) is 14.1. The molecule has 0 amide bonds. The Bertz CT molecular complexity index is 136. The Labute approximate surface area is 112 Å². The molecule has 0 aromatic carbocycles. The maximum atomic E-state index is 3.83. The normalized spacial score (nSPS) is 7.65. The third-order valence-electron chi connectivity index (χ3n) is 1.15. The first-order chi connectivity index (χ1) is 7.77. The van der Waals surface area contributed by atoms with Crippen LogP contribution in [0.5, 0.6) is 0 Å². The quantitative estimate of drug-likeness (QED) is 0.466. The molecule has 0 aliphatic carbocycles. The van der Waals surface area contributed by atoms with Gasteiger partial charge in [0.15, 0.2) is 0 Å². The van der Waals surface area contributed by atoms with E-state index in [1.807, 2.05) is 27.7 Å². The van der Waals surface area contributed by atoms with Crippen molar-refractivity contribution in [3.05, 3.63) is 24.3 Å². The van der Waals surface area contributed by atoms with Crippen LogP contribution in [-0.2, 0) is 0 Å². The molecule has 0 heterocycles. The van der Waals surface area contributed by atoms with Crippen LogP contribution >= 0.6 is 0 Å². The van der Waals surface area contributed by atoms with Crippen LogP contribution in [0.3, 0.4) is 0 Å². The lowest BCUT2D eigenvalue weighted by molar-refractivity contribution is 0.585. The zero-order valence-electron chi connectivity index (χ0n) is 14.1. The fourth-order valence-electron chi connectivity index (χ4n) is 0.535. The number of hydrogen-bond acceptors (Lipinski definition) is 0. The van der Waals surface area contributed by atoms with E-state index in [4.69, 9.17) is 0 Å². The summed E-state index contributed by atoms with van der Waals surface area (Å²) >= 11 is 0. The van der Waals surface area contributed by atoms with Crippen LogP contribution in [0.4, 0.5) is 0 Å². The van der Waals surface area contributed by atoms with Crippen LogP contribution < -0.4 is 0 Å². The van der Waals surface area contributed by atoms with E-state index in [-0.39, 0.29) is 0 Å². The second-order valence-electron chi connectivity index (χ2n) is 4.80. The minimum atomic E-state index is 0.826. The summed E-state index contributed by atoms with van der Waals surface area (Å²) in [6, 6.07) is 0. The first-order valence-corrected chi connectivity index (χ1v) is 7.04. The lowest BCUT2D eigenvalue weighted by Gasteiger charge is -2.01. The van der Waals surface area contributed by atoms with Gasteiger partial charge in [0.1, 0.15) is 0 Å². The van der Waals surface area contributed by atoms with Crippen molar-refractivity contribution in [2.75, 3.05) is 0 Å². The molecule has 0 nitrogen and oxygen atoms in total. The maximum absolute atomic E-state index is 3.83. The van der Waals surface area contributed by atoms with Gasteiger partial charge in [-0.1, -0.05) is 59.1 Å². The molecule has 17 heavy (non-hydrogen) atoms. The third-order valence-corrected chi connectivity index (χ3v) is 1.15. The Morgan fingerprint density at radius 2 is 1.18 bits per heavy atom. The third kappa shape index (κ3) is 140. The average Bonchev–Trinajstić information content (AvgIpc) is 2.18. The summed E-state index contributed by atoms with van der Waals surface area (Å²) in [6.07, 6.45) is 3.73. The summed E-state index contributed by atoms with van der Waals surface area (Å²) in [7, 11) is 0. The van der Waals surface area contributed by atoms with Crippen LogP contribution in [0.2, 0.25) is 0 Å². The fourth-order valence-corrected chi connectivity index (χ4v) is 0.535. The molecule has 0 bridgehead atoms. The van der Waals surface area contributed by atoms with Crippen LogP contribution in [-0.4, -0.2) is 0 Å². The summed E-state index contributed by atoms with van der Waals surface area (Å²) in [4.78, 5) is 0. The molecule has 0 rings (SSSR count). The van der Waals surface area contributed by atoms with E-state index in [0.717, 1.165) is 5.92 Å². The van der Waals surface area contributed by atoms with Gasteiger partial charge in [-0.05, 0) is 39.5 Å². The van der Waals surface area contributed by atoms with Crippen molar-refractivity contribution in [1.82, 2.24) is 0 Å². The summed E-state index contributed by atoms with van der Waals surface area (Å²) in [5.41, 5.74) is 2.47. The van der Waals surface area contributed by atoms with Gasteiger partial charge in [0.25, 0.3) is 0 Å². The molecule has 0 aromatic heterocycles. The van der Waals surface area contributed by atoms with E-state index in [2.05, 4.69) is 47.8 Å². The van der Waals surface area contributed by atoms with Crippen LogP contribution in [0.1, 0.15) is 81.6 Å². The first-order valence-electron chi connectivity index (χ1n) is 7.04. The van der Waals surface area contributed by atoms with E-state index in [1.54, 1.807) is 0 Å². The topological polar surface area (TPSA) is 0 Å². The highest BCUT2D eigenvalue weighted by Gasteiger charge is 1.91. The SMILES string of the molecule is C=C(C)C.C=C(C)CCC(C)C.CC.CCC. The van der Waals surface area contributed by atoms with Crippen LogP contribution in [0.15, 0.2) is 24.3 Å². The number of allylic oxidation sites excluding steroid dienone is 2. The second-order valence-corrected chi connectivity index (χ2v) is 4.80. The van der Waals surface area contributed by atoms with E-state index >= 15 is 0 Å². The predicted octanol–water partition coefficient (Wildman–Crippen LogP) is 7.02. The minimum absolute atomic E-state index is 0.826. The van der Waals surface area contributed by atoms with Gasteiger partial charge >= 0.3 is 0 Å². The molecule has 0 atom stereocenters. The molecule has 0 fully saturated rings. The van der Waals surface area contributed by atoms with Crippen LogP contribution in [0.25, 0.3) is 0 Å². The Hall–Kier alpha value is -0.520. The minimum Gasteiger partial charge on any atom is -0.100 e. The molecular weight excluding hydrogens is 204 g/mol. The van der Waals surface area contributed by atoms with Crippen LogP contribution in [0, 0.1) is 5.92 Å². The van der Waals surface area contributed by atoms with Crippen molar-refractivity contribution in [3.8, 4) is 0 Å². The van der Waals surface area contributed by atoms with Gasteiger partial charge in [0.2, 0.25) is 0 Å². The highest BCUT2D eigenvalue weighted by Crippen LogP contribution is 2.07. The van der Waals surface area contributed by atoms with Crippen molar-refractivity contribution < 1.29 is 0 Å². The summed E-state index contributed by atoms with van der Waals surface area (Å²) < 4.78 is 0. The molecule has 0 N–H and O–H groups in total. The fraction of sp³-hybridized carbons (Fsp3) is 0.765. The highest BCUT2D eigenvalue weighted by molar-refractivity contribution is 4.87. The largest absolute Gasteiger partial charge is 0.100 e. The van der Waals surface area contributed by atoms with Crippen molar-refractivity contribution in [2.45, 2.75) is 81.6 Å². The molecule has 0 aromatic rings. The van der Waals surface area contributed by atoms with Gasteiger partial charge < -0.3 is 0 Å². The predicted molar refractivity (Wildman–Crippen MR) is 86.7 cm³/mol. The molecule has 0 spiro atoms. The van der Waals surface area contributed by atoms with Crippen molar-refractivity contribution in [3.63, 3.8) is 0 Å². The molecule has 0 aliphatic heterocycles. The van der Waals surface area contributed by atoms with Crippen molar-refractivity contribution in [2.24, 2.45) is 5.92 Å². The second kappa shape index (κ2) is 24.6. The lowest BCUT2D eigenvalue weighted by atomic mass is 10.1. The first kappa shape index (κ1) is 25.4. The Morgan fingerprint density at radius 3 is 1.24 bits per heavy atom. The zero-order chi connectivity index (χ0) is 14.9. The molecule has 0 saturated carbocycles. The van der Waals surface area contributed by atoms with Crippen molar-refractivity contribution in [1.29, 1.82) is 0 Å². The van der Waals surface area contributed by atoms with Gasteiger partial charge in [-0.15, -0.1) is 13.2 Å². The van der Waals surface area contributed by atoms with E-state index < -0.39 is 0 Å². The average molecular weight is 242 g/mol. The molecule has 0 saturated heterocycles. The molecular formula is C17H38. The van der Waals surface area contributed by atoms with Crippen molar-refractivity contribution >= 4 is 0 Å². The summed E-state index contributed by atoms with van der Waals surface area (Å²) in [6.45, 7) is 26.1. The highest BCUT2D eigenvalue weighted by atomic mass is 14.0. The van der Waals surface area contributed by atoms with E-state index in [1.165, 1.54) is 30.4 Å². The monoisotopic (exact) mass is 242 g/mol.